The fourth-order valence-electron chi connectivity index (χ4n) is 2.86. The number of hydrogen-bond acceptors (Lipinski definition) is 3. The van der Waals surface area contributed by atoms with E-state index in [0.29, 0.717) is 30.9 Å². The number of rotatable bonds is 6. The Hall–Kier alpha value is -2.37. The van der Waals surface area contributed by atoms with Crippen molar-refractivity contribution in [3.05, 3.63) is 29.8 Å². The molecule has 6 nitrogen and oxygen atoms in total. The van der Waals surface area contributed by atoms with Crippen LogP contribution in [0, 0.1) is 5.92 Å². The SMILES string of the molecule is O=C(NC(CC1CC1)C(=O)O)c1ccc(N2CCCC2=O)cc1. The van der Waals surface area contributed by atoms with Gasteiger partial charge in [-0.25, -0.2) is 4.79 Å². The van der Waals surface area contributed by atoms with E-state index in [9.17, 15) is 19.5 Å². The van der Waals surface area contributed by atoms with Crippen LogP contribution >= 0.6 is 0 Å². The molecule has 1 heterocycles. The molecule has 1 atom stereocenters. The number of amides is 2. The van der Waals surface area contributed by atoms with Gasteiger partial charge in [0.05, 0.1) is 0 Å². The number of hydrogen-bond donors (Lipinski definition) is 2. The van der Waals surface area contributed by atoms with Gasteiger partial charge in [-0.2, -0.15) is 0 Å². The minimum Gasteiger partial charge on any atom is -0.480 e. The zero-order valence-electron chi connectivity index (χ0n) is 12.8. The van der Waals surface area contributed by atoms with Crippen molar-refractivity contribution in [3.63, 3.8) is 0 Å². The van der Waals surface area contributed by atoms with Crippen molar-refractivity contribution in [1.82, 2.24) is 5.32 Å². The van der Waals surface area contributed by atoms with Crippen LogP contribution in [0.4, 0.5) is 5.69 Å². The molecule has 0 bridgehead atoms. The normalized spacial score (nSPS) is 18.8. The summed E-state index contributed by atoms with van der Waals surface area (Å²) in [6, 6.07) is 5.89. The topological polar surface area (TPSA) is 86.7 Å². The Balaban J connectivity index is 1.64. The van der Waals surface area contributed by atoms with E-state index in [-0.39, 0.29) is 5.91 Å². The van der Waals surface area contributed by atoms with Gasteiger partial charge in [0.25, 0.3) is 5.91 Å². The Morgan fingerprint density at radius 3 is 2.48 bits per heavy atom. The van der Waals surface area contributed by atoms with E-state index in [1.165, 1.54) is 0 Å². The minimum absolute atomic E-state index is 0.0950. The van der Waals surface area contributed by atoms with Gasteiger partial charge in [-0.15, -0.1) is 0 Å². The number of nitrogens with zero attached hydrogens (tertiary/aromatic N) is 1. The monoisotopic (exact) mass is 316 g/mol. The fourth-order valence-corrected chi connectivity index (χ4v) is 2.86. The van der Waals surface area contributed by atoms with Crippen LogP contribution in [0.15, 0.2) is 24.3 Å². The van der Waals surface area contributed by atoms with Gasteiger partial charge in [0.1, 0.15) is 6.04 Å². The second-order valence-electron chi connectivity index (χ2n) is 6.24. The number of aliphatic carboxylic acids is 1. The van der Waals surface area contributed by atoms with Crippen LogP contribution < -0.4 is 10.2 Å². The van der Waals surface area contributed by atoms with Crippen LogP contribution in [0.3, 0.4) is 0 Å². The van der Waals surface area contributed by atoms with E-state index in [2.05, 4.69) is 5.32 Å². The number of nitrogens with one attached hydrogen (secondary N) is 1. The molecule has 6 heteroatoms. The van der Waals surface area contributed by atoms with Crippen LogP contribution in [0.25, 0.3) is 0 Å². The summed E-state index contributed by atoms with van der Waals surface area (Å²) < 4.78 is 0. The van der Waals surface area contributed by atoms with Crippen LogP contribution in [0.2, 0.25) is 0 Å². The van der Waals surface area contributed by atoms with Crippen LogP contribution in [0.5, 0.6) is 0 Å². The van der Waals surface area contributed by atoms with Crippen molar-refractivity contribution >= 4 is 23.5 Å². The Morgan fingerprint density at radius 2 is 1.96 bits per heavy atom. The lowest BCUT2D eigenvalue weighted by atomic mass is 10.1. The summed E-state index contributed by atoms with van der Waals surface area (Å²) in [6.07, 6.45) is 3.98. The van der Waals surface area contributed by atoms with Gasteiger partial charge in [0, 0.05) is 24.2 Å². The first-order valence-corrected chi connectivity index (χ1v) is 7.98. The predicted octanol–water partition coefficient (Wildman–Crippen LogP) is 1.80. The first kappa shape index (κ1) is 15.5. The van der Waals surface area contributed by atoms with Gasteiger partial charge in [-0.1, -0.05) is 12.8 Å². The molecule has 1 aliphatic heterocycles. The largest absolute Gasteiger partial charge is 0.480 e. The van der Waals surface area contributed by atoms with E-state index < -0.39 is 17.9 Å². The Labute approximate surface area is 134 Å². The third-order valence-electron chi connectivity index (χ3n) is 4.38. The van der Waals surface area contributed by atoms with Gasteiger partial charge in [-0.05, 0) is 43.0 Å². The lowest BCUT2D eigenvalue weighted by Crippen LogP contribution is -2.41. The molecule has 2 fully saturated rings. The fraction of sp³-hybridized carbons (Fsp3) is 0.471. The molecule has 1 unspecified atom stereocenters. The molecular weight excluding hydrogens is 296 g/mol. The Kier molecular flexibility index (Phi) is 4.32. The summed E-state index contributed by atoms with van der Waals surface area (Å²) >= 11 is 0. The summed E-state index contributed by atoms with van der Waals surface area (Å²) in [5.41, 5.74) is 1.18. The number of anilines is 1. The molecule has 2 amide bonds. The Bertz CT molecular complexity index is 622. The Morgan fingerprint density at radius 1 is 1.26 bits per heavy atom. The quantitative estimate of drug-likeness (QED) is 0.838. The van der Waals surface area contributed by atoms with Crippen molar-refractivity contribution in [2.75, 3.05) is 11.4 Å². The third kappa shape index (κ3) is 3.70. The van der Waals surface area contributed by atoms with Crippen LogP contribution in [-0.4, -0.2) is 35.5 Å². The van der Waals surface area contributed by atoms with Crippen molar-refractivity contribution in [3.8, 4) is 0 Å². The number of carboxylic acid groups (broad SMARTS) is 1. The minimum atomic E-state index is -0.996. The molecule has 1 saturated carbocycles. The average Bonchev–Trinajstić information content (AvgIpc) is 3.25. The first-order chi connectivity index (χ1) is 11.0. The molecule has 0 spiro atoms. The van der Waals surface area contributed by atoms with Gasteiger partial charge in [0.15, 0.2) is 0 Å². The molecule has 1 aromatic carbocycles. The van der Waals surface area contributed by atoms with E-state index in [0.717, 1.165) is 24.9 Å². The molecule has 1 saturated heterocycles. The highest BCUT2D eigenvalue weighted by molar-refractivity contribution is 5.98. The zero-order chi connectivity index (χ0) is 16.4. The standard InChI is InChI=1S/C17H20N2O4/c20-15-2-1-9-19(15)13-7-5-12(6-8-13)16(21)18-14(17(22)23)10-11-3-4-11/h5-8,11,14H,1-4,9-10H2,(H,18,21)(H,22,23). The van der Waals surface area contributed by atoms with E-state index in [1.54, 1.807) is 29.2 Å². The molecule has 0 radical (unpaired) electrons. The highest BCUT2D eigenvalue weighted by atomic mass is 16.4. The van der Waals surface area contributed by atoms with Crippen LogP contribution in [-0.2, 0) is 9.59 Å². The average molecular weight is 316 g/mol. The summed E-state index contributed by atoms with van der Waals surface area (Å²) in [5.74, 6) is -0.876. The first-order valence-electron chi connectivity index (χ1n) is 7.98. The number of carbonyl (C=O) groups is 3. The van der Waals surface area contributed by atoms with Crippen LogP contribution in [0.1, 0.15) is 42.5 Å². The molecule has 1 aromatic rings. The molecule has 1 aliphatic carbocycles. The maximum Gasteiger partial charge on any atom is 0.326 e. The summed E-state index contributed by atoms with van der Waals surface area (Å²) in [6.45, 7) is 0.701. The van der Waals surface area contributed by atoms with Crippen molar-refractivity contribution < 1.29 is 19.5 Å². The highest BCUT2D eigenvalue weighted by Crippen LogP contribution is 2.33. The second-order valence-corrected chi connectivity index (χ2v) is 6.24. The summed E-state index contributed by atoms with van der Waals surface area (Å²) in [7, 11) is 0. The van der Waals surface area contributed by atoms with Gasteiger partial charge in [0.2, 0.25) is 5.91 Å². The number of carboxylic acids is 1. The maximum atomic E-state index is 12.2. The predicted molar refractivity (Wildman–Crippen MR) is 84.3 cm³/mol. The second kappa shape index (κ2) is 6.40. The van der Waals surface area contributed by atoms with Crippen molar-refractivity contribution in [2.45, 2.75) is 38.1 Å². The zero-order valence-corrected chi connectivity index (χ0v) is 12.8. The van der Waals surface area contributed by atoms with Gasteiger partial charge >= 0.3 is 5.97 Å². The maximum absolute atomic E-state index is 12.2. The van der Waals surface area contributed by atoms with E-state index in [4.69, 9.17) is 0 Å². The highest BCUT2D eigenvalue weighted by Gasteiger charge is 2.30. The molecule has 0 aromatic heterocycles. The lowest BCUT2D eigenvalue weighted by molar-refractivity contribution is -0.139. The van der Waals surface area contributed by atoms with E-state index >= 15 is 0 Å². The molecule has 2 aliphatic rings. The number of benzene rings is 1. The van der Waals surface area contributed by atoms with Gasteiger partial charge in [-0.3, -0.25) is 9.59 Å². The molecule has 2 N–H and O–H groups in total. The smallest absolute Gasteiger partial charge is 0.326 e. The lowest BCUT2D eigenvalue weighted by Gasteiger charge is -2.17. The third-order valence-corrected chi connectivity index (χ3v) is 4.38. The van der Waals surface area contributed by atoms with Gasteiger partial charge < -0.3 is 15.3 Å². The summed E-state index contributed by atoms with van der Waals surface area (Å²) in [5, 5.41) is 11.8. The van der Waals surface area contributed by atoms with Crippen molar-refractivity contribution in [1.29, 1.82) is 0 Å². The van der Waals surface area contributed by atoms with E-state index in [1.807, 2.05) is 0 Å². The molecule has 23 heavy (non-hydrogen) atoms. The molecular formula is C17H20N2O4. The molecule has 3 rings (SSSR count). The summed E-state index contributed by atoms with van der Waals surface area (Å²) in [4.78, 5) is 36.8. The molecule has 122 valence electrons. The van der Waals surface area contributed by atoms with Crippen molar-refractivity contribution in [2.24, 2.45) is 5.92 Å². The number of carbonyl (C=O) groups excluding carboxylic acids is 2.